The van der Waals surface area contributed by atoms with E-state index in [9.17, 15) is 13.2 Å². The molecule has 0 aromatic heterocycles. The minimum atomic E-state index is -3.39. The minimum absolute atomic E-state index is 0.0988. The minimum Gasteiger partial charge on any atom is -0.349 e. The normalized spacial score (nSPS) is 23.3. The van der Waals surface area contributed by atoms with Crippen molar-refractivity contribution in [2.24, 2.45) is 5.92 Å². The summed E-state index contributed by atoms with van der Waals surface area (Å²) in [6.45, 7) is 2.22. The molecular formula is C15H21NO3S. The largest absolute Gasteiger partial charge is 0.349 e. The van der Waals surface area contributed by atoms with Crippen LogP contribution in [0.3, 0.4) is 0 Å². The van der Waals surface area contributed by atoms with E-state index in [1.54, 1.807) is 18.2 Å². The van der Waals surface area contributed by atoms with Crippen molar-refractivity contribution >= 4 is 15.7 Å². The van der Waals surface area contributed by atoms with Crippen LogP contribution in [0.25, 0.3) is 0 Å². The van der Waals surface area contributed by atoms with Crippen LogP contribution in [0.2, 0.25) is 0 Å². The van der Waals surface area contributed by atoms with Gasteiger partial charge in [-0.15, -0.1) is 0 Å². The molecule has 0 spiro atoms. The summed E-state index contributed by atoms with van der Waals surface area (Å²) in [6.07, 6.45) is 5.28. The summed E-state index contributed by atoms with van der Waals surface area (Å²) in [4.78, 5) is 12.4. The van der Waals surface area contributed by atoms with E-state index in [-0.39, 0.29) is 22.4 Å². The molecule has 20 heavy (non-hydrogen) atoms. The lowest BCUT2D eigenvalue weighted by Crippen LogP contribution is -2.37. The maximum atomic E-state index is 12.3. The van der Waals surface area contributed by atoms with Crippen molar-refractivity contribution in [3.63, 3.8) is 0 Å². The van der Waals surface area contributed by atoms with Crippen LogP contribution in [-0.2, 0) is 9.84 Å². The molecule has 110 valence electrons. The molecule has 2 rings (SSSR count). The van der Waals surface area contributed by atoms with E-state index in [2.05, 4.69) is 12.2 Å². The Bertz CT molecular complexity index is 587. The molecule has 0 atom stereocenters. The molecule has 1 aromatic rings. The maximum Gasteiger partial charge on any atom is 0.252 e. The summed E-state index contributed by atoms with van der Waals surface area (Å²) in [5.41, 5.74) is 0.244. The fraction of sp³-hybridized carbons (Fsp3) is 0.533. The Morgan fingerprint density at radius 3 is 2.35 bits per heavy atom. The highest BCUT2D eigenvalue weighted by Crippen LogP contribution is 2.24. The number of carbonyl (C=O) groups excluding carboxylic acids is 1. The Morgan fingerprint density at radius 2 is 1.75 bits per heavy atom. The molecule has 0 saturated heterocycles. The van der Waals surface area contributed by atoms with Crippen molar-refractivity contribution in [2.45, 2.75) is 43.5 Å². The first-order chi connectivity index (χ1) is 9.38. The number of nitrogens with one attached hydrogen (secondary N) is 1. The summed E-state index contributed by atoms with van der Waals surface area (Å²) < 4.78 is 23.4. The van der Waals surface area contributed by atoms with Crippen molar-refractivity contribution in [1.82, 2.24) is 5.32 Å². The lowest BCUT2D eigenvalue weighted by atomic mass is 9.87. The Morgan fingerprint density at radius 1 is 1.15 bits per heavy atom. The van der Waals surface area contributed by atoms with Gasteiger partial charge in [0.2, 0.25) is 0 Å². The van der Waals surface area contributed by atoms with E-state index in [1.165, 1.54) is 6.07 Å². The summed E-state index contributed by atoms with van der Waals surface area (Å²) in [5.74, 6) is 0.428. The molecule has 0 aliphatic heterocycles. The van der Waals surface area contributed by atoms with E-state index in [4.69, 9.17) is 0 Å². The fourth-order valence-corrected chi connectivity index (χ4v) is 3.53. The molecule has 1 N–H and O–H groups in total. The van der Waals surface area contributed by atoms with Gasteiger partial charge in [-0.2, -0.15) is 0 Å². The Labute approximate surface area is 120 Å². The van der Waals surface area contributed by atoms with E-state index < -0.39 is 9.84 Å². The fourth-order valence-electron chi connectivity index (χ4n) is 2.65. The number of hydrogen-bond donors (Lipinski definition) is 1. The van der Waals surface area contributed by atoms with Gasteiger partial charge in [0.05, 0.1) is 10.5 Å². The van der Waals surface area contributed by atoms with Gasteiger partial charge in [-0.25, -0.2) is 8.42 Å². The maximum absolute atomic E-state index is 12.3. The molecule has 1 aliphatic rings. The van der Waals surface area contributed by atoms with Crippen LogP contribution in [0, 0.1) is 5.92 Å². The molecule has 1 fully saturated rings. The van der Waals surface area contributed by atoms with Gasteiger partial charge in [0.25, 0.3) is 5.91 Å². The number of sulfone groups is 1. The highest BCUT2D eigenvalue weighted by Gasteiger charge is 2.23. The predicted octanol–water partition coefficient (Wildman–Crippen LogP) is 2.40. The molecule has 0 bridgehead atoms. The van der Waals surface area contributed by atoms with Crippen molar-refractivity contribution in [2.75, 3.05) is 6.26 Å². The number of carbonyl (C=O) groups is 1. The first kappa shape index (κ1) is 15.0. The summed E-state index contributed by atoms with van der Waals surface area (Å²) in [5, 5.41) is 2.96. The molecule has 1 aliphatic carbocycles. The molecule has 0 radical (unpaired) electrons. The smallest absolute Gasteiger partial charge is 0.252 e. The zero-order valence-corrected chi connectivity index (χ0v) is 12.7. The second kappa shape index (κ2) is 5.95. The first-order valence-electron chi connectivity index (χ1n) is 6.98. The highest BCUT2D eigenvalue weighted by molar-refractivity contribution is 7.90. The zero-order chi connectivity index (χ0) is 14.8. The van der Waals surface area contributed by atoms with E-state index in [0.717, 1.165) is 31.9 Å². The summed E-state index contributed by atoms with van der Waals surface area (Å²) in [7, 11) is -3.39. The number of rotatable bonds is 3. The second-order valence-corrected chi connectivity index (χ2v) is 7.68. The Hall–Kier alpha value is -1.36. The average Bonchev–Trinajstić information content (AvgIpc) is 2.40. The third-order valence-corrected chi connectivity index (χ3v) is 5.04. The number of hydrogen-bond acceptors (Lipinski definition) is 3. The van der Waals surface area contributed by atoms with E-state index >= 15 is 0 Å². The van der Waals surface area contributed by atoms with Crippen molar-refractivity contribution in [1.29, 1.82) is 0 Å². The lowest BCUT2D eigenvalue weighted by Gasteiger charge is -2.27. The first-order valence-corrected chi connectivity index (χ1v) is 8.87. The lowest BCUT2D eigenvalue weighted by molar-refractivity contribution is 0.0919. The standard InChI is InChI=1S/C15H21NO3S/c1-11-7-9-12(10-8-11)16-15(17)13-5-3-4-6-14(13)20(2,18)19/h3-6,11-12H,7-10H2,1-2H3,(H,16,17). The van der Waals surface area contributed by atoms with Gasteiger partial charge in [0.15, 0.2) is 9.84 Å². The van der Waals surface area contributed by atoms with Crippen LogP contribution in [0.15, 0.2) is 29.2 Å². The molecular weight excluding hydrogens is 274 g/mol. The SMILES string of the molecule is CC1CCC(NC(=O)c2ccccc2S(C)(=O)=O)CC1. The molecule has 1 saturated carbocycles. The van der Waals surface area contributed by atoms with Crippen LogP contribution >= 0.6 is 0 Å². The molecule has 0 heterocycles. The third kappa shape index (κ3) is 3.60. The zero-order valence-electron chi connectivity index (χ0n) is 11.9. The molecule has 1 amide bonds. The molecule has 0 unspecified atom stereocenters. The van der Waals surface area contributed by atoms with Gasteiger partial charge in [-0.3, -0.25) is 4.79 Å². The number of benzene rings is 1. The highest BCUT2D eigenvalue weighted by atomic mass is 32.2. The molecule has 5 heteroatoms. The van der Waals surface area contributed by atoms with Crippen LogP contribution in [-0.4, -0.2) is 26.6 Å². The van der Waals surface area contributed by atoms with Gasteiger partial charge >= 0.3 is 0 Å². The molecule has 1 aromatic carbocycles. The molecule has 4 nitrogen and oxygen atoms in total. The summed E-state index contributed by atoms with van der Waals surface area (Å²) >= 11 is 0. The average molecular weight is 295 g/mol. The van der Waals surface area contributed by atoms with Crippen LogP contribution in [0.1, 0.15) is 43.0 Å². The summed E-state index contributed by atoms with van der Waals surface area (Å²) in [6, 6.07) is 6.53. The van der Waals surface area contributed by atoms with Gasteiger partial charge < -0.3 is 5.32 Å². The van der Waals surface area contributed by atoms with Crippen LogP contribution < -0.4 is 5.32 Å². The van der Waals surface area contributed by atoms with Gasteiger partial charge in [0, 0.05) is 12.3 Å². The van der Waals surface area contributed by atoms with E-state index in [0.29, 0.717) is 5.92 Å². The van der Waals surface area contributed by atoms with Crippen molar-refractivity contribution in [3.8, 4) is 0 Å². The number of amides is 1. The van der Waals surface area contributed by atoms with Crippen LogP contribution in [0.5, 0.6) is 0 Å². The van der Waals surface area contributed by atoms with Crippen LogP contribution in [0.4, 0.5) is 0 Å². The van der Waals surface area contributed by atoms with Crippen molar-refractivity contribution in [3.05, 3.63) is 29.8 Å². The Balaban J connectivity index is 2.14. The second-order valence-electron chi connectivity index (χ2n) is 5.70. The Kier molecular flexibility index (Phi) is 4.48. The monoisotopic (exact) mass is 295 g/mol. The van der Waals surface area contributed by atoms with Gasteiger partial charge in [0.1, 0.15) is 0 Å². The van der Waals surface area contributed by atoms with Crippen molar-refractivity contribution < 1.29 is 13.2 Å². The quantitative estimate of drug-likeness (QED) is 0.931. The third-order valence-electron chi connectivity index (χ3n) is 3.88. The van der Waals surface area contributed by atoms with Gasteiger partial charge in [-0.05, 0) is 43.7 Å². The topological polar surface area (TPSA) is 63.2 Å². The van der Waals surface area contributed by atoms with E-state index in [1.807, 2.05) is 0 Å². The van der Waals surface area contributed by atoms with Gasteiger partial charge in [-0.1, -0.05) is 19.1 Å². The predicted molar refractivity (Wildman–Crippen MR) is 78.4 cm³/mol.